The van der Waals surface area contributed by atoms with Crippen LogP contribution in [0.4, 0.5) is 11.4 Å². The molecule has 4 heterocycles. The average Bonchev–Trinajstić information content (AvgIpc) is 3.96. The van der Waals surface area contributed by atoms with Gasteiger partial charge in [-0.1, -0.05) is 133 Å². The van der Waals surface area contributed by atoms with Crippen LogP contribution in [0.1, 0.15) is 34.3 Å². The number of furan rings is 2. The van der Waals surface area contributed by atoms with Crippen molar-refractivity contribution < 1.29 is 8.83 Å². The van der Waals surface area contributed by atoms with Crippen LogP contribution >= 0.6 is 0 Å². The summed E-state index contributed by atoms with van der Waals surface area (Å²) in [6.07, 6.45) is 8.70. The highest BCUT2D eigenvalue weighted by molar-refractivity contribution is 6.17. The Morgan fingerprint density at radius 2 is 1.28 bits per heavy atom. The van der Waals surface area contributed by atoms with Crippen LogP contribution in [0.3, 0.4) is 0 Å². The van der Waals surface area contributed by atoms with Gasteiger partial charge in [0.15, 0.2) is 5.84 Å². The molecule has 3 unspecified atom stereocenters. The van der Waals surface area contributed by atoms with E-state index in [0.29, 0.717) is 11.8 Å². The van der Waals surface area contributed by atoms with E-state index in [1.54, 1.807) is 0 Å². The molecule has 0 radical (unpaired) electrons. The molecule has 1 aliphatic carbocycles. The third-order valence-electron chi connectivity index (χ3n) is 11.7. The van der Waals surface area contributed by atoms with Gasteiger partial charge in [0.05, 0.1) is 17.1 Å². The first-order chi connectivity index (χ1) is 28.2. The smallest absolute Gasteiger partial charge is 0.159 e. The highest BCUT2D eigenvalue weighted by Gasteiger charge is 2.38. The van der Waals surface area contributed by atoms with Gasteiger partial charge in [0.2, 0.25) is 0 Å². The summed E-state index contributed by atoms with van der Waals surface area (Å²) in [7, 11) is 0. The third-order valence-corrected chi connectivity index (χ3v) is 11.7. The van der Waals surface area contributed by atoms with Crippen LogP contribution in [-0.4, -0.2) is 17.7 Å². The van der Waals surface area contributed by atoms with Crippen molar-refractivity contribution in [2.75, 3.05) is 4.90 Å². The zero-order valence-electron chi connectivity index (χ0n) is 30.7. The van der Waals surface area contributed by atoms with Gasteiger partial charge in [-0.05, 0) is 65.2 Å². The van der Waals surface area contributed by atoms with Gasteiger partial charge in [-0.3, -0.25) is 0 Å². The maximum Gasteiger partial charge on any atom is 0.159 e. The Bertz CT molecular complexity index is 3190. The standard InChI is InChI=1S/C51H34N4O2/c1-3-13-31(14-4-1)49-52-50(32-15-5-2-6-16-32)54-51(53-49)34-26-28-44-39(30-34)38-20-11-19-35(48(38)57-44)33-25-27-45-40(29-33)47-43(23-12-24-46(47)56-45)55-41-21-9-7-17-36(41)37-18-8-10-22-42(37)55/h1-30,36,41,49H,(H,52,53,54). The highest BCUT2D eigenvalue weighted by atomic mass is 16.3. The molecule has 2 aliphatic heterocycles. The second-order valence-corrected chi connectivity index (χ2v) is 14.9. The van der Waals surface area contributed by atoms with Crippen molar-refractivity contribution >= 4 is 66.9 Å². The van der Waals surface area contributed by atoms with E-state index in [4.69, 9.17) is 18.8 Å². The number of aliphatic imine (C=N–C) groups is 2. The molecule has 0 amide bonds. The summed E-state index contributed by atoms with van der Waals surface area (Å²) in [4.78, 5) is 12.6. The minimum atomic E-state index is -0.274. The molecule has 6 nitrogen and oxygen atoms in total. The molecule has 2 aromatic heterocycles. The van der Waals surface area contributed by atoms with Gasteiger partial charge in [-0.2, -0.15) is 0 Å². The average molecular weight is 735 g/mol. The van der Waals surface area contributed by atoms with Crippen LogP contribution in [0.2, 0.25) is 0 Å². The Morgan fingerprint density at radius 3 is 2.18 bits per heavy atom. The molecule has 57 heavy (non-hydrogen) atoms. The molecule has 270 valence electrons. The van der Waals surface area contributed by atoms with Crippen LogP contribution in [0.25, 0.3) is 55.0 Å². The number of benzene rings is 7. The Morgan fingerprint density at radius 1 is 0.544 bits per heavy atom. The molecule has 3 aliphatic rings. The van der Waals surface area contributed by atoms with Crippen molar-refractivity contribution in [3.8, 4) is 11.1 Å². The van der Waals surface area contributed by atoms with Gasteiger partial charge in [0.25, 0.3) is 0 Å². The first-order valence-corrected chi connectivity index (χ1v) is 19.4. The monoisotopic (exact) mass is 734 g/mol. The van der Waals surface area contributed by atoms with Gasteiger partial charge in [-0.25, -0.2) is 9.98 Å². The molecule has 3 atom stereocenters. The fourth-order valence-electron chi connectivity index (χ4n) is 9.04. The second-order valence-electron chi connectivity index (χ2n) is 14.9. The van der Waals surface area contributed by atoms with Gasteiger partial charge < -0.3 is 19.1 Å². The maximum absolute atomic E-state index is 6.72. The van der Waals surface area contributed by atoms with E-state index >= 15 is 0 Å². The summed E-state index contributed by atoms with van der Waals surface area (Å²) in [5.41, 5.74) is 12.2. The molecule has 0 fully saturated rings. The lowest BCUT2D eigenvalue weighted by molar-refractivity contribution is 0.667. The lowest BCUT2D eigenvalue weighted by Crippen LogP contribution is -2.33. The predicted octanol–water partition coefficient (Wildman–Crippen LogP) is 12.4. The lowest BCUT2D eigenvalue weighted by atomic mass is 9.91. The first-order valence-electron chi connectivity index (χ1n) is 19.4. The summed E-state index contributed by atoms with van der Waals surface area (Å²) < 4.78 is 13.3. The zero-order chi connectivity index (χ0) is 37.5. The van der Waals surface area contributed by atoms with Crippen molar-refractivity contribution in [3.63, 3.8) is 0 Å². The Hall–Kier alpha value is -7.44. The quantitative estimate of drug-likeness (QED) is 0.191. The normalized spacial score (nSPS) is 18.5. The number of para-hydroxylation sites is 2. The third kappa shape index (κ3) is 5.04. The summed E-state index contributed by atoms with van der Waals surface area (Å²) in [6.45, 7) is 0. The van der Waals surface area contributed by atoms with E-state index in [1.807, 2.05) is 36.4 Å². The van der Waals surface area contributed by atoms with Crippen LogP contribution in [-0.2, 0) is 0 Å². The zero-order valence-corrected chi connectivity index (χ0v) is 30.7. The number of hydrogen-bond acceptors (Lipinski definition) is 6. The molecule has 0 saturated heterocycles. The molecule has 1 N–H and O–H groups in total. The van der Waals surface area contributed by atoms with Crippen molar-refractivity contribution in [2.45, 2.75) is 18.1 Å². The van der Waals surface area contributed by atoms with E-state index < -0.39 is 0 Å². The largest absolute Gasteiger partial charge is 0.456 e. The first kappa shape index (κ1) is 31.9. The van der Waals surface area contributed by atoms with Crippen molar-refractivity contribution in [1.82, 2.24) is 5.32 Å². The SMILES string of the molecule is C1=CC2c3ccccc3N(c3cccc4oc5ccc(-c6cccc7c6oc6ccc(C8=NC(c9ccccc9)=NC(c9ccccc9)N8)cc67)cc5c34)C2C=C1. The lowest BCUT2D eigenvalue weighted by Gasteiger charge is -2.29. The number of amidine groups is 2. The minimum Gasteiger partial charge on any atom is -0.456 e. The molecule has 0 bridgehead atoms. The van der Waals surface area contributed by atoms with E-state index in [-0.39, 0.29) is 12.2 Å². The Balaban J connectivity index is 0.970. The van der Waals surface area contributed by atoms with Crippen molar-refractivity contribution in [1.29, 1.82) is 0 Å². The predicted molar refractivity (Wildman–Crippen MR) is 232 cm³/mol. The Kier molecular flexibility index (Phi) is 7.01. The molecular formula is C51H34N4O2. The fraction of sp³-hybridized carbons (Fsp3) is 0.0588. The van der Waals surface area contributed by atoms with Crippen LogP contribution in [0.15, 0.2) is 201 Å². The number of nitrogens with one attached hydrogen (secondary N) is 1. The van der Waals surface area contributed by atoms with Gasteiger partial charge in [0, 0.05) is 44.5 Å². The summed E-state index contributed by atoms with van der Waals surface area (Å²) in [5, 5.41) is 7.89. The van der Waals surface area contributed by atoms with Crippen LogP contribution in [0, 0.1) is 0 Å². The molecule has 7 aromatic carbocycles. The van der Waals surface area contributed by atoms with Gasteiger partial charge in [-0.15, -0.1) is 0 Å². The van der Waals surface area contributed by atoms with Gasteiger partial charge in [0.1, 0.15) is 34.3 Å². The molecule has 12 rings (SSSR count). The minimum absolute atomic E-state index is 0.191. The summed E-state index contributed by atoms with van der Waals surface area (Å²) in [5.74, 6) is 1.76. The number of allylic oxidation sites excluding steroid dienone is 2. The number of fused-ring (bicyclic) bond motifs is 9. The molecule has 6 heteroatoms. The van der Waals surface area contributed by atoms with Crippen LogP contribution in [0.5, 0.6) is 0 Å². The highest BCUT2D eigenvalue weighted by Crippen LogP contribution is 2.50. The second kappa shape index (κ2) is 12.5. The number of anilines is 2. The molecule has 0 spiro atoms. The number of nitrogens with zero attached hydrogens (tertiary/aromatic N) is 3. The Labute approximate surface area is 328 Å². The van der Waals surface area contributed by atoms with E-state index in [9.17, 15) is 0 Å². The van der Waals surface area contributed by atoms with Crippen LogP contribution < -0.4 is 10.2 Å². The topological polar surface area (TPSA) is 66.3 Å². The van der Waals surface area contributed by atoms with Crippen molar-refractivity contribution in [2.24, 2.45) is 9.98 Å². The van der Waals surface area contributed by atoms with E-state index in [0.717, 1.165) is 83.2 Å². The summed E-state index contributed by atoms with van der Waals surface area (Å²) >= 11 is 0. The fourth-order valence-corrected chi connectivity index (χ4v) is 9.04. The maximum atomic E-state index is 6.72. The van der Waals surface area contributed by atoms with Crippen molar-refractivity contribution in [3.05, 3.63) is 204 Å². The van der Waals surface area contributed by atoms with Gasteiger partial charge >= 0.3 is 0 Å². The molecular weight excluding hydrogens is 701 g/mol. The molecule has 9 aromatic rings. The summed E-state index contributed by atoms with van der Waals surface area (Å²) in [6, 6.07) is 55.1. The molecule has 0 saturated carbocycles. The number of rotatable bonds is 5. The van der Waals surface area contributed by atoms with E-state index in [2.05, 4.69) is 156 Å². The number of hydrogen-bond donors (Lipinski definition) is 1. The van der Waals surface area contributed by atoms with E-state index in [1.165, 1.54) is 11.3 Å².